The third-order valence-corrected chi connectivity index (χ3v) is 5.06. The topological polar surface area (TPSA) is 40.1 Å². The smallest absolute Gasteiger partial charge is 0.315 e. The van der Waals surface area contributed by atoms with Gasteiger partial charge in [0.25, 0.3) is 0 Å². The Morgan fingerprint density at radius 3 is 1.73 bits per heavy atom. The van der Waals surface area contributed by atoms with Crippen LogP contribution in [0.15, 0.2) is 0 Å². The van der Waals surface area contributed by atoms with Crippen LogP contribution in [-0.4, -0.2) is 5.16 Å². The molecule has 0 fully saturated rings. The van der Waals surface area contributed by atoms with Crippen molar-refractivity contribution in [2.75, 3.05) is 0 Å². The summed E-state index contributed by atoms with van der Waals surface area (Å²) in [6.07, 6.45) is 5.85. The monoisotopic (exact) mass is 232 g/mol. The highest BCUT2D eigenvalue weighted by Gasteiger charge is 2.44. The first kappa shape index (κ1) is 15.1. The first-order valence-electron chi connectivity index (χ1n) is 6.15. The van der Waals surface area contributed by atoms with Crippen LogP contribution in [-0.2, 0) is 4.57 Å². The lowest BCUT2D eigenvalue weighted by Gasteiger charge is -2.29. The van der Waals surface area contributed by atoms with Crippen molar-refractivity contribution in [2.45, 2.75) is 71.4 Å². The van der Waals surface area contributed by atoms with Crippen LogP contribution >= 0.6 is 8.03 Å². The largest absolute Gasteiger partial charge is 0.595 e. The molecule has 0 amide bonds. The summed E-state index contributed by atoms with van der Waals surface area (Å²) >= 11 is 0. The van der Waals surface area contributed by atoms with Crippen LogP contribution in [0.3, 0.4) is 0 Å². The van der Waals surface area contributed by atoms with Gasteiger partial charge in [0.2, 0.25) is 0 Å². The average Bonchev–Trinajstić information content (AvgIpc) is 2.17. The fraction of sp³-hybridized carbons (Fsp3) is 1.00. The summed E-state index contributed by atoms with van der Waals surface area (Å²) < 4.78 is 11.5. The van der Waals surface area contributed by atoms with E-state index in [0.717, 1.165) is 38.5 Å². The summed E-state index contributed by atoms with van der Waals surface area (Å²) in [5.41, 5.74) is 0. The summed E-state index contributed by atoms with van der Waals surface area (Å²) in [4.78, 5) is 11.5. The highest BCUT2D eigenvalue weighted by atomic mass is 31.1. The molecule has 0 spiro atoms. The van der Waals surface area contributed by atoms with Crippen LogP contribution in [0.2, 0.25) is 0 Å². The molecular weight excluding hydrogens is 207 g/mol. The van der Waals surface area contributed by atoms with E-state index >= 15 is 0 Å². The van der Waals surface area contributed by atoms with E-state index in [1.165, 1.54) is 0 Å². The second-order valence-electron chi connectivity index (χ2n) is 4.72. The van der Waals surface area contributed by atoms with Crippen LogP contribution in [0, 0.1) is 5.92 Å². The SMILES string of the molecule is CCCCC(CCCC)(C(C)C)[P+](=O)[O-]. The molecule has 0 heterocycles. The molecule has 0 aliphatic rings. The fourth-order valence-corrected chi connectivity index (χ4v) is 3.16. The van der Waals surface area contributed by atoms with Gasteiger partial charge in [0.15, 0.2) is 5.16 Å². The molecule has 0 bridgehead atoms. The number of unbranched alkanes of at least 4 members (excludes halogenated alkanes) is 2. The van der Waals surface area contributed by atoms with Gasteiger partial charge >= 0.3 is 8.03 Å². The molecule has 0 saturated carbocycles. The molecule has 1 atom stereocenters. The second-order valence-corrected chi connectivity index (χ2v) is 6.13. The van der Waals surface area contributed by atoms with Crippen molar-refractivity contribution in [1.82, 2.24) is 0 Å². The van der Waals surface area contributed by atoms with E-state index in [1.807, 2.05) is 13.8 Å². The quantitative estimate of drug-likeness (QED) is 0.596. The van der Waals surface area contributed by atoms with Gasteiger partial charge in [-0.05, 0) is 25.7 Å². The molecule has 0 radical (unpaired) electrons. The molecule has 0 aromatic carbocycles. The average molecular weight is 232 g/mol. The van der Waals surface area contributed by atoms with E-state index in [2.05, 4.69) is 13.8 Å². The molecule has 0 N–H and O–H groups in total. The van der Waals surface area contributed by atoms with E-state index < -0.39 is 13.2 Å². The van der Waals surface area contributed by atoms with Gasteiger partial charge in [0.05, 0.1) is 0 Å². The Morgan fingerprint density at radius 2 is 1.53 bits per heavy atom. The summed E-state index contributed by atoms with van der Waals surface area (Å²) in [5.74, 6) is 0.233. The highest BCUT2D eigenvalue weighted by Crippen LogP contribution is 2.46. The predicted molar refractivity (Wildman–Crippen MR) is 64.2 cm³/mol. The van der Waals surface area contributed by atoms with E-state index in [9.17, 15) is 9.46 Å². The lowest BCUT2D eigenvalue weighted by atomic mass is 9.85. The van der Waals surface area contributed by atoms with E-state index in [0.29, 0.717) is 0 Å². The van der Waals surface area contributed by atoms with Crippen LogP contribution in [0.4, 0.5) is 0 Å². The first-order valence-corrected chi connectivity index (χ1v) is 7.33. The number of hydrogen-bond acceptors (Lipinski definition) is 2. The predicted octanol–water partition coefficient (Wildman–Crippen LogP) is 3.86. The maximum Gasteiger partial charge on any atom is 0.315 e. The van der Waals surface area contributed by atoms with Gasteiger partial charge in [-0.25, -0.2) is 0 Å². The van der Waals surface area contributed by atoms with Gasteiger partial charge in [-0.2, -0.15) is 0 Å². The second kappa shape index (κ2) is 7.35. The summed E-state index contributed by atoms with van der Waals surface area (Å²) in [5, 5.41) is -0.443. The van der Waals surface area contributed by atoms with Crippen LogP contribution < -0.4 is 4.89 Å². The maximum absolute atomic E-state index is 11.5. The Bertz CT molecular complexity index is 182. The van der Waals surface area contributed by atoms with Crippen molar-refractivity contribution in [3.8, 4) is 0 Å². The normalized spacial score (nSPS) is 13.3. The Kier molecular flexibility index (Phi) is 7.38. The van der Waals surface area contributed by atoms with Crippen molar-refractivity contribution < 1.29 is 9.46 Å². The van der Waals surface area contributed by atoms with Gasteiger partial charge in [-0.3, -0.25) is 0 Å². The molecule has 90 valence electrons. The summed E-state index contributed by atoms with van der Waals surface area (Å²) in [7, 11) is -2.31. The van der Waals surface area contributed by atoms with Crippen molar-refractivity contribution in [3.05, 3.63) is 0 Å². The van der Waals surface area contributed by atoms with Gasteiger partial charge in [0, 0.05) is 5.92 Å². The van der Waals surface area contributed by atoms with E-state index in [-0.39, 0.29) is 5.92 Å². The zero-order valence-corrected chi connectivity index (χ0v) is 11.5. The highest BCUT2D eigenvalue weighted by molar-refractivity contribution is 7.38. The minimum atomic E-state index is -2.31. The van der Waals surface area contributed by atoms with Crippen molar-refractivity contribution in [1.29, 1.82) is 0 Å². The van der Waals surface area contributed by atoms with E-state index in [1.54, 1.807) is 0 Å². The molecular formula is C12H25O2P. The van der Waals surface area contributed by atoms with Gasteiger partial charge in [0.1, 0.15) is 0 Å². The molecule has 1 unspecified atom stereocenters. The lowest BCUT2D eigenvalue weighted by Crippen LogP contribution is -2.34. The van der Waals surface area contributed by atoms with E-state index in [4.69, 9.17) is 0 Å². The van der Waals surface area contributed by atoms with Gasteiger partial charge in [-0.15, -0.1) is 0 Å². The third kappa shape index (κ3) is 4.20. The molecule has 0 aliphatic heterocycles. The van der Waals surface area contributed by atoms with Crippen molar-refractivity contribution in [3.63, 3.8) is 0 Å². The van der Waals surface area contributed by atoms with Crippen LogP contribution in [0.1, 0.15) is 66.2 Å². The minimum absolute atomic E-state index is 0.233. The lowest BCUT2D eigenvalue weighted by molar-refractivity contribution is -0.171. The standard InChI is InChI=1S/C12H25O2P/c1-5-7-9-12(11(3)4,15(13)14)10-8-6-2/h11H,5-10H2,1-4H3. The zero-order chi connectivity index (χ0) is 11.9. The molecule has 15 heavy (non-hydrogen) atoms. The Labute approximate surface area is 95.3 Å². The molecule has 0 rings (SSSR count). The molecule has 2 nitrogen and oxygen atoms in total. The molecule has 3 heteroatoms. The first-order chi connectivity index (χ1) is 7.01. The van der Waals surface area contributed by atoms with Crippen molar-refractivity contribution in [2.24, 2.45) is 5.92 Å². The van der Waals surface area contributed by atoms with Crippen molar-refractivity contribution >= 4 is 8.03 Å². The third-order valence-electron chi connectivity index (χ3n) is 3.36. The Balaban J connectivity index is 4.65. The number of rotatable bonds is 8. The Morgan fingerprint density at radius 1 is 1.13 bits per heavy atom. The minimum Gasteiger partial charge on any atom is -0.595 e. The fourth-order valence-electron chi connectivity index (χ4n) is 2.06. The molecule has 0 saturated heterocycles. The maximum atomic E-state index is 11.5. The zero-order valence-electron chi connectivity index (χ0n) is 10.6. The summed E-state index contributed by atoms with van der Waals surface area (Å²) in [6.45, 7) is 8.30. The Hall–Kier alpha value is 0.0600. The molecule has 0 aromatic rings. The van der Waals surface area contributed by atoms with Crippen LogP contribution in [0.5, 0.6) is 0 Å². The molecule has 0 aromatic heterocycles. The van der Waals surface area contributed by atoms with Gasteiger partial charge in [-0.1, -0.05) is 45.1 Å². The number of hydrogen-bond donors (Lipinski definition) is 0. The molecule has 0 aliphatic carbocycles. The van der Waals surface area contributed by atoms with Crippen LogP contribution in [0.25, 0.3) is 0 Å². The summed E-state index contributed by atoms with van der Waals surface area (Å²) in [6, 6.07) is 0. The van der Waals surface area contributed by atoms with Gasteiger partial charge < -0.3 is 4.89 Å².